The molecule has 3 rings (SSSR count). The number of aliphatic hydroxyl groups excluding tert-OH is 1. The Kier molecular flexibility index (Phi) is 1.98. The summed E-state index contributed by atoms with van der Waals surface area (Å²) in [7, 11) is 0. The van der Waals surface area contributed by atoms with E-state index in [0.29, 0.717) is 11.3 Å². The highest BCUT2D eigenvalue weighted by Gasteiger charge is 2.68. The quantitative estimate of drug-likeness (QED) is 0.620. The Labute approximate surface area is 98.9 Å². The summed E-state index contributed by atoms with van der Waals surface area (Å²) < 4.78 is 0. The van der Waals surface area contributed by atoms with Gasteiger partial charge in [-0.05, 0) is 47.8 Å². The SMILES string of the molecule is C[C@@H]1C(O)CCC2=CC[C@@H]3[C@@H](C3(C)C)[C@]21C. The van der Waals surface area contributed by atoms with Crippen molar-refractivity contribution >= 4 is 0 Å². The number of fused-ring (bicyclic) bond motifs is 3. The first-order valence-corrected chi connectivity index (χ1v) is 6.77. The largest absolute Gasteiger partial charge is 0.393 e. The topological polar surface area (TPSA) is 20.2 Å². The maximum Gasteiger partial charge on any atom is 0.0577 e. The molecule has 0 aromatic heterocycles. The number of hydrogen-bond donors (Lipinski definition) is 1. The van der Waals surface area contributed by atoms with Gasteiger partial charge in [0.2, 0.25) is 0 Å². The molecule has 0 aromatic carbocycles. The van der Waals surface area contributed by atoms with Crippen LogP contribution in [-0.2, 0) is 0 Å². The third-order valence-corrected chi connectivity index (χ3v) is 6.24. The molecule has 90 valence electrons. The summed E-state index contributed by atoms with van der Waals surface area (Å²) >= 11 is 0. The fraction of sp³-hybridized carbons (Fsp3) is 0.867. The van der Waals surface area contributed by atoms with Crippen LogP contribution in [0.5, 0.6) is 0 Å². The summed E-state index contributed by atoms with van der Waals surface area (Å²) in [5, 5.41) is 10.2. The molecule has 0 aromatic rings. The number of allylic oxidation sites excluding steroid dienone is 2. The molecule has 16 heavy (non-hydrogen) atoms. The van der Waals surface area contributed by atoms with Crippen molar-refractivity contribution in [3.05, 3.63) is 11.6 Å². The summed E-state index contributed by atoms with van der Waals surface area (Å²) in [6.45, 7) is 9.50. The molecular formula is C15H24O. The second kappa shape index (κ2) is 2.93. The molecule has 1 N–H and O–H groups in total. The van der Waals surface area contributed by atoms with Gasteiger partial charge in [-0.25, -0.2) is 0 Å². The minimum Gasteiger partial charge on any atom is -0.393 e. The summed E-state index contributed by atoms with van der Waals surface area (Å²) in [4.78, 5) is 0. The van der Waals surface area contributed by atoms with Gasteiger partial charge < -0.3 is 5.11 Å². The molecule has 1 heteroatoms. The molecular weight excluding hydrogens is 196 g/mol. The van der Waals surface area contributed by atoms with Gasteiger partial charge in [0.15, 0.2) is 0 Å². The van der Waals surface area contributed by atoms with Crippen molar-refractivity contribution in [1.82, 2.24) is 0 Å². The fourth-order valence-electron chi connectivity index (χ4n) is 4.96. The third kappa shape index (κ3) is 1.06. The molecule has 0 aliphatic heterocycles. The lowest BCUT2D eigenvalue weighted by atomic mass is 9.58. The zero-order valence-corrected chi connectivity index (χ0v) is 11.0. The molecule has 0 bridgehead atoms. The van der Waals surface area contributed by atoms with Crippen LogP contribution in [0, 0.1) is 28.6 Å². The number of rotatable bonds is 0. The first kappa shape index (κ1) is 10.8. The van der Waals surface area contributed by atoms with Crippen LogP contribution >= 0.6 is 0 Å². The average molecular weight is 220 g/mol. The highest BCUT2D eigenvalue weighted by atomic mass is 16.3. The van der Waals surface area contributed by atoms with Crippen LogP contribution < -0.4 is 0 Å². The van der Waals surface area contributed by atoms with Crippen LogP contribution in [0.1, 0.15) is 47.0 Å². The van der Waals surface area contributed by atoms with E-state index in [-0.39, 0.29) is 11.5 Å². The van der Waals surface area contributed by atoms with Gasteiger partial charge in [0.25, 0.3) is 0 Å². The molecule has 3 aliphatic rings. The van der Waals surface area contributed by atoms with E-state index in [1.807, 2.05) is 0 Å². The predicted molar refractivity (Wildman–Crippen MR) is 66.0 cm³/mol. The number of aliphatic hydroxyl groups is 1. The van der Waals surface area contributed by atoms with Gasteiger partial charge in [0, 0.05) is 0 Å². The smallest absolute Gasteiger partial charge is 0.0577 e. The molecule has 0 heterocycles. The van der Waals surface area contributed by atoms with Crippen molar-refractivity contribution in [3.63, 3.8) is 0 Å². The minimum atomic E-state index is -0.0858. The van der Waals surface area contributed by atoms with Gasteiger partial charge >= 0.3 is 0 Å². The molecule has 0 spiro atoms. The molecule has 2 saturated carbocycles. The Morgan fingerprint density at radius 2 is 2.00 bits per heavy atom. The maximum absolute atomic E-state index is 10.2. The summed E-state index contributed by atoms with van der Waals surface area (Å²) in [6.07, 6.45) is 5.79. The zero-order chi connectivity index (χ0) is 11.7. The Hall–Kier alpha value is -0.300. The van der Waals surface area contributed by atoms with Crippen molar-refractivity contribution in [1.29, 1.82) is 0 Å². The maximum atomic E-state index is 10.2. The van der Waals surface area contributed by atoms with E-state index in [0.717, 1.165) is 24.7 Å². The van der Waals surface area contributed by atoms with Gasteiger partial charge in [-0.2, -0.15) is 0 Å². The highest BCUT2D eigenvalue weighted by molar-refractivity contribution is 5.32. The molecule has 0 saturated heterocycles. The Balaban J connectivity index is 2.03. The molecule has 0 radical (unpaired) electrons. The molecule has 1 unspecified atom stereocenters. The Morgan fingerprint density at radius 3 is 2.69 bits per heavy atom. The van der Waals surface area contributed by atoms with Gasteiger partial charge in [0.1, 0.15) is 0 Å². The lowest BCUT2D eigenvalue weighted by Gasteiger charge is -2.47. The first-order valence-electron chi connectivity index (χ1n) is 6.77. The molecule has 0 amide bonds. The Morgan fingerprint density at radius 1 is 1.31 bits per heavy atom. The van der Waals surface area contributed by atoms with Crippen molar-refractivity contribution < 1.29 is 5.11 Å². The third-order valence-electron chi connectivity index (χ3n) is 6.24. The lowest BCUT2D eigenvalue weighted by Crippen LogP contribution is -2.43. The van der Waals surface area contributed by atoms with Crippen molar-refractivity contribution in [3.8, 4) is 0 Å². The van der Waals surface area contributed by atoms with E-state index in [2.05, 4.69) is 33.8 Å². The van der Waals surface area contributed by atoms with E-state index in [1.54, 1.807) is 5.57 Å². The van der Waals surface area contributed by atoms with E-state index in [9.17, 15) is 5.11 Å². The standard InChI is InChI=1S/C15H24O/c1-9-12(16)8-6-10-5-7-11-13(14(11,2)3)15(9,10)4/h5,9,11-13,16H,6-8H2,1-4H3/t9-,11-,12?,13+,15+/m1/s1. The fourth-order valence-corrected chi connectivity index (χ4v) is 4.96. The van der Waals surface area contributed by atoms with Crippen LogP contribution in [-0.4, -0.2) is 11.2 Å². The van der Waals surface area contributed by atoms with Crippen LogP contribution in [0.3, 0.4) is 0 Å². The lowest BCUT2D eigenvalue weighted by molar-refractivity contribution is 0.00407. The molecule has 2 fully saturated rings. The van der Waals surface area contributed by atoms with Gasteiger partial charge in [-0.15, -0.1) is 0 Å². The van der Waals surface area contributed by atoms with E-state index in [4.69, 9.17) is 0 Å². The van der Waals surface area contributed by atoms with Gasteiger partial charge in [0.05, 0.1) is 6.10 Å². The van der Waals surface area contributed by atoms with Crippen LogP contribution in [0.25, 0.3) is 0 Å². The van der Waals surface area contributed by atoms with Crippen molar-refractivity contribution in [2.75, 3.05) is 0 Å². The van der Waals surface area contributed by atoms with Crippen LogP contribution in [0.2, 0.25) is 0 Å². The van der Waals surface area contributed by atoms with E-state index in [1.165, 1.54) is 6.42 Å². The minimum absolute atomic E-state index is 0.0858. The van der Waals surface area contributed by atoms with Crippen LogP contribution in [0.15, 0.2) is 11.6 Å². The Bertz CT molecular complexity index is 354. The predicted octanol–water partition coefficient (Wildman–Crippen LogP) is 3.39. The number of hydrogen-bond acceptors (Lipinski definition) is 1. The second-order valence-corrected chi connectivity index (χ2v) is 7.05. The van der Waals surface area contributed by atoms with E-state index < -0.39 is 0 Å². The van der Waals surface area contributed by atoms with Gasteiger partial charge in [-0.1, -0.05) is 39.3 Å². The van der Waals surface area contributed by atoms with Crippen molar-refractivity contribution in [2.45, 2.75) is 53.1 Å². The van der Waals surface area contributed by atoms with Crippen molar-refractivity contribution in [2.24, 2.45) is 28.6 Å². The summed E-state index contributed by atoms with van der Waals surface area (Å²) in [6, 6.07) is 0. The summed E-state index contributed by atoms with van der Waals surface area (Å²) in [5.74, 6) is 2.11. The molecule has 3 aliphatic carbocycles. The molecule has 1 nitrogen and oxygen atoms in total. The van der Waals surface area contributed by atoms with Crippen LogP contribution in [0.4, 0.5) is 0 Å². The average Bonchev–Trinajstić information content (AvgIpc) is 2.78. The second-order valence-electron chi connectivity index (χ2n) is 7.05. The molecule has 5 atom stereocenters. The zero-order valence-electron chi connectivity index (χ0n) is 11.0. The van der Waals surface area contributed by atoms with E-state index >= 15 is 0 Å². The monoisotopic (exact) mass is 220 g/mol. The normalized spacial score (nSPS) is 53.7. The summed E-state index contributed by atoms with van der Waals surface area (Å²) in [5.41, 5.74) is 2.43. The first-order chi connectivity index (χ1) is 7.40. The highest BCUT2D eigenvalue weighted by Crippen LogP contribution is 2.74. The van der Waals surface area contributed by atoms with Gasteiger partial charge in [-0.3, -0.25) is 0 Å².